The van der Waals surface area contributed by atoms with Crippen molar-refractivity contribution in [2.75, 3.05) is 14.2 Å². The first-order valence-corrected chi connectivity index (χ1v) is 9.98. The van der Waals surface area contributed by atoms with Gasteiger partial charge in [-0.25, -0.2) is 5.43 Å². The highest BCUT2D eigenvalue weighted by molar-refractivity contribution is 6.31. The molecule has 0 aliphatic rings. The van der Waals surface area contributed by atoms with Gasteiger partial charge in [-0.1, -0.05) is 41.4 Å². The molecule has 0 heterocycles. The summed E-state index contributed by atoms with van der Waals surface area (Å²) in [6.07, 6.45) is 1.46. The van der Waals surface area contributed by atoms with Crippen LogP contribution in [-0.2, 0) is 6.61 Å². The molecule has 1 N–H and O–H groups in total. The molecule has 0 unspecified atom stereocenters. The van der Waals surface area contributed by atoms with E-state index in [1.807, 2.05) is 18.2 Å². The van der Waals surface area contributed by atoms with Gasteiger partial charge in [0.25, 0.3) is 5.91 Å². The van der Waals surface area contributed by atoms with Gasteiger partial charge in [-0.2, -0.15) is 5.10 Å². The number of hydrazone groups is 1. The monoisotopic (exact) mass is 458 g/mol. The maximum atomic E-state index is 12.5. The van der Waals surface area contributed by atoms with Crippen LogP contribution in [0.15, 0.2) is 65.8 Å². The standard InChI is InChI=1S/C23H20Cl2N2O4/c1-29-19-10-16(11-20(12-19)30-2)23(28)27-26-13-17-9-18(24)7-8-22(17)31-14-15-5-3-4-6-21(15)25/h3-13H,14H2,1-2H3,(H,27,28). The number of ether oxygens (including phenoxy) is 3. The topological polar surface area (TPSA) is 69.2 Å². The minimum atomic E-state index is -0.422. The Kier molecular flexibility index (Phi) is 7.76. The number of rotatable bonds is 8. The van der Waals surface area contributed by atoms with E-state index in [4.69, 9.17) is 37.4 Å². The maximum Gasteiger partial charge on any atom is 0.271 e. The van der Waals surface area contributed by atoms with Crippen LogP contribution in [-0.4, -0.2) is 26.3 Å². The second kappa shape index (κ2) is 10.7. The first-order chi connectivity index (χ1) is 15.0. The molecule has 3 aromatic rings. The largest absolute Gasteiger partial charge is 0.497 e. The van der Waals surface area contributed by atoms with Gasteiger partial charge in [0.1, 0.15) is 23.9 Å². The molecule has 0 fully saturated rings. The molecule has 6 nitrogen and oxygen atoms in total. The Morgan fingerprint density at radius 3 is 2.39 bits per heavy atom. The molecule has 0 aliphatic carbocycles. The molecule has 0 spiro atoms. The van der Waals surface area contributed by atoms with E-state index in [1.165, 1.54) is 20.4 Å². The molecular weight excluding hydrogens is 439 g/mol. The number of hydrogen-bond donors (Lipinski definition) is 1. The number of carbonyl (C=O) groups excluding carboxylic acids is 1. The minimum absolute atomic E-state index is 0.276. The van der Waals surface area contributed by atoms with Gasteiger partial charge in [-0.05, 0) is 36.4 Å². The fraction of sp³-hybridized carbons (Fsp3) is 0.130. The number of nitrogens with one attached hydrogen (secondary N) is 1. The summed E-state index contributed by atoms with van der Waals surface area (Å²) < 4.78 is 16.2. The summed E-state index contributed by atoms with van der Waals surface area (Å²) in [6.45, 7) is 0.276. The van der Waals surface area contributed by atoms with Crippen molar-refractivity contribution in [1.82, 2.24) is 5.43 Å². The molecule has 0 aromatic heterocycles. The lowest BCUT2D eigenvalue weighted by Gasteiger charge is -2.11. The molecule has 1 amide bonds. The number of methoxy groups -OCH3 is 2. The van der Waals surface area contributed by atoms with Gasteiger partial charge in [0.05, 0.1) is 20.4 Å². The second-order valence-corrected chi connectivity index (χ2v) is 7.21. The third kappa shape index (κ3) is 6.13. The zero-order valence-electron chi connectivity index (χ0n) is 16.9. The molecule has 0 radical (unpaired) electrons. The summed E-state index contributed by atoms with van der Waals surface area (Å²) in [6, 6.07) is 17.4. The summed E-state index contributed by atoms with van der Waals surface area (Å²) in [5.74, 6) is 1.12. The fourth-order valence-corrected chi connectivity index (χ4v) is 3.06. The normalized spacial score (nSPS) is 10.7. The van der Waals surface area contributed by atoms with Gasteiger partial charge in [-0.3, -0.25) is 4.79 Å². The van der Waals surface area contributed by atoms with Crippen LogP contribution in [0.4, 0.5) is 0 Å². The molecule has 31 heavy (non-hydrogen) atoms. The molecule has 0 bridgehead atoms. The van der Waals surface area contributed by atoms with E-state index < -0.39 is 5.91 Å². The van der Waals surface area contributed by atoms with Crippen molar-refractivity contribution in [3.63, 3.8) is 0 Å². The summed E-state index contributed by atoms with van der Waals surface area (Å²) in [4.78, 5) is 12.5. The first-order valence-electron chi connectivity index (χ1n) is 9.22. The summed E-state index contributed by atoms with van der Waals surface area (Å²) in [5.41, 5.74) is 4.27. The van der Waals surface area contributed by atoms with Crippen molar-refractivity contribution in [3.05, 3.63) is 87.4 Å². The van der Waals surface area contributed by atoms with Crippen LogP contribution in [0.2, 0.25) is 10.0 Å². The average molecular weight is 459 g/mol. The Hall–Kier alpha value is -3.22. The number of hydrogen-bond acceptors (Lipinski definition) is 5. The predicted octanol–water partition coefficient (Wildman–Crippen LogP) is 5.35. The first kappa shape index (κ1) is 22.5. The lowest BCUT2D eigenvalue weighted by molar-refractivity contribution is 0.0954. The summed E-state index contributed by atoms with van der Waals surface area (Å²) >= 11 is 12.3. The Balaban J connectivity index is 1.72. The molecule has 0 saturated carbocycles. The average Bonchev–Trinajstić information content (AvgIpc) is 2.79. The zero-order valence-corrected chi connectivity index (χ0v) is 18.4. The highest BCUT2D eigenvalue weighted by Crippen LogP contribution is 2.25. The third-order valence-corrected chi connectivity index (χ3v) is 4.90. The number of amides is 1. The van der Waals surface area contributed by atoms with Crippen LogP contribution in [0.25, 0.3) is 0 Å². The number of carbonyl (C=O) groups is 1. The molecule has 160 valence electrons. The predicted molar refractivity (Wildman–Crippen MR) is 122 cm³/mol. The Labute approximate surface area is 190 Å². The van der Waals surface area contributed by atoms with E-state index in [0.717, 1.165) is 5.56 Å². The van der Waals surface area contributed by atoms with Gasteiger partial charge in [0.2, 0.25) is 0 Å². The number of nitrogens with zero attached hydrogens (tertiary/aromatic N) is 1. The van der Waals surface area contributed by atoms with Crippen LogP contribution in [0.3, 0.4) is 0 Å². The van der Waals surface area contributed by atoms with Crippen molar-refractivity contribution in [2.45, 2.75) is 6.61 Å². The SMILES string of the molecule is COc1cc(OC)cc(C(=O)NN=Cc2cc(Cl)ccc2OCc2ccccc2Cl)c1. The van der Waals surface area contributed by atoms with E-state index in [9.17, 15) is 4.79 Å². The van der Waals surface area contributed by atoms with Crippen molar-refractivity contribution in [3.8, 4) is 17.2 Å². The van der Waals surface area contributed by atoms with Gasteiger partial charge in [0, 0.05) is 32.8 Å². The van der Waals surface area contributed by atoms with E-state index in [1.54, 1.807) is 42.5 Å². The van der Waals surface area contributed by atoms with Gasteiger partial charge in [-0.15, -0.1) is 0 Å². The van der Waals surface area contributed by atoms with Crippen molar-refractivity contribution in [1.29, 1.82) is 0 Å². The number of benzene rings is 3. The molecular formula is C23H20Cl2N2O4. The molecule has 3 aromatic carbocycles. The summed E-state index contributed by atoms with van der Waals surface area (Å²) in [7, 11) is 3.02. The fourth-order valence-electron chi connectivity index (χ4n) is 2.69. The molecule has 0 atom stereocenters. The van der Waals surface area contributed by atoms with Crippen molar-refractivity contribution in [2.24, 2.45) is 5.10 Å². The highest BCUT2D eigenvalue weighted by atomic mass is 35.5. The van der Waals surface area contributed by atoms with Crippen LogP contribution in [0.5, 0.6) is 17.2 Å². The number of halogens is 2. The van der Waals surface area contributed by atoms with Crippen molar-refractivity contribution >= 4 is 35.3 Å². The smallest absolute Gasteiger partial charge is 0.271 e. The molecule has 0 aliphatic heterocycles. The van der Waals surface area contributed by atoms with Crippen molar-refractivity contribution < 1.29 is 19.0 Å². The van der Waals surface area contributed by atoms with E-state index in [-0.39, 0.29) is 6.61 Å². The Morgan fingerprint density at radius 2 is 1.71 bits per heavy atom. The van der Waals surface area contributed by atoms with Crippen LogP contribution in [0, 0.1) is 0 Å². The van der Waals surface area contributed by atoms with Gasteiger partial charge in [0.15, 0.2) is 0 Å². The summed E-state index contributed by atoms with van der Waals surface area (Å²) in [5, 5.41) is 5.16. The van der Waals surface area contributed by atoms with Crippen LogP contribution in [0.1, 0.15) is 21.5 Å². The lowest BCUT2D eigenvalue weighted by Crippen LogP contribution is -2.17. The minimum Gasteiger partial charge on any atom is -0.497 e. The zero-order chi connectivity index (χ0) is 22.2. The Morgan fingerprint density at radius 1 is 1.00 bits per heavy atom. The molecule has 3 rings (SSSR count). The van der Waals surface area contributed by atoms with E-state index in [0.29, 0.717) is 38.4 Å². The lowest BCUT2D eigenvalue weighted by atomic mass is 10.2. The van der Waals surface area contributed by atoms with E-state index in [2.05, 4.69) is 10.5 Å². The Bertz CT molecular complexity index is 1080. The molecule has 8 heteroatoms. The third-order valence-electron chi connectivity index (χ3n) is 4.30. The van der Waals surface area contributed by atoms with E-state index >= 15 is 0 Å². The van der Waals surface area contributed by atoms with Gasteiger partial charge >= 0.3 is 0 Å². The van der Waals surface area contributed by atoms with Gasteiger partial charge < -0.3 is 14.2 Å². The van der Waals surface area contributed by atoms with Crippen LogP contribution >= 0.6 is 23.2 Å². The maximum absolute atomic E-state index is 12.5. The highest BCUT2D eigenvalue weighted by Gasteiger charge is 2.10. The van der Waals surface area contributed by atoms with Crippen LogP contribution < -0.4 is 19.6 Å². The second-order valence-electron chi connectivity index (χ2n) is 6.36. The molecule has 0 saturated heterocycles. The quantitative estimate of drug-likeness (QED) is 0.364.